The number of carbonyl (C=O) groups excluding carboxylic acids is 1. The van der Waals surface area contributed by atoms with Crippen molar-refractivity contribution in [3.63, 3.8) is 0 Å². The maximum Gasteiger partial charge on any atom is 0.234 e. The van der Waals surface area contributed by atoms with Gasteiger partial charge in [0.2, 0.25) is 5.91 Å². The summed E-state index contributed by atoms with van der Waals surface area (Å²) in [5.41, 5.74) is 4.97. The second-order valence-corrected chi connectivity index (χ2v) is 8.43. The summed E-state index contributed by atoms with van der Waals surface area (Å²) in [6.07, 6.45) is 1.02. The first-order chi connectivity index (χ1) is 14.6. The highest BCUT2D eigenvalue weighted by Crippen LogP contribution is 2.26. The molecule has 0 spiro atoms. The summed E-state index contributed by atoms with van der Waals surface area (Å²) in [6, 6.07) is 14.9. The number of ether oxygens (including phenoxy) is 1. The van der Waals surface area contributed by atoms with E-state index in [4.69, 9.17) is 4.74 Å². The molecule has 160 valence electrons. The quantitative estimate of drug-likeness (QED) is 0.761. The highest BCUT2D eigenvalue weighted by Gasteiger charge is 2.20. The van der Waals surface area contributed by atoms with E-state index < -0.39 is 0 Å². The van der Waals surface area contributed by atoms with Crippen molar-refractivity contribution in [1.29, 1.82) is 0 Å². The van der Waals surface area contributed by atoms with Crippen LogP contribution >= 0.6 is 0 Å². The van der Waals surface area contributed by atoms with Gasteiger partial charge in [0.15, 0.2) is 0 Å². The summed E-state index contributed by atoms with van der Waals surface area (Å²) in [6.45, 7) is 6.67. The minimum absolute atomic E-state index is 0.0961. The first-order valence-corrected chi connectivity index (χ1v) is 10.8. The summed E-state index contributed by atoms with van der Waals surface area (Å²) in [5.74, 6) is 1.14. The summed E-state index contributed by atoms with van der Waals surface area (Å²) in [5, 5.41) is 3.05. The Bertz CT molecular complexity index is 858. The van der Waals surface area contributed by atoms with Crippen molar-refractivity contribution in [3.8, 4) is 5.75 Å². The number of benzene rings is 2. The lowest BCUT2D eigenvalue weighted by Crippen LogP contribution is -2.49. The van der Waals surface area contributed by atoms with Crippen LogP contribution < -0.4 is 15.0 Å². The molecule has 1 saturated heterocycles. The Kier molecular flexibility index (Phi) is 6.55. The summed E-state index contributed by atoms with van der Waals surface area (Å²) in [7, 11) is 4.05. The van der Waals surface area contributed by atoms with Crippen LogP contribution in [0.5, 0.6) is 5.75 Å². The molecule has 0 radical (unpaired) electrons. The highest BCUT2D eigenvalue weighted by atomic mass is 16.5. The predicted molar refractivity (Wildman–Crippen MR) is 120 cm³/mol. The van der Waals surface area contributed by atoms with Crippen molar-refractivity contribution < 1.29 is 9.53 Å². The largest absolute Gasteiger partial charge is 0.493 e. The van der Waals surface area contributed by atoms with Crippen LogP contribution in [0.15, 0.2) is 42.5 Å². The van der Waals surface area contributed by atoms with Gasteiger partial charge in [0.1, 0.15) is 5.75 Å². The Hall–Kier alpha value is -2.57. The van der Waals surface area contributed by atoms with Gasteiger partial charge in [-0.05, 0) is 34.9 Å². The number of nitrogens with zero attached hydrogens (tertiary/aromatic N) is 3. The van der Waals surface area contributed by atoms with E-state index in [0.717, 1.165) is 62.8 Å². The Labute approximate surface area is 179 Å². The Balaban J connectivity index is 1.17. The fourth-order valence-electron chi connectivity index (χ4n) is 4.07. The standard InChI is InChI=1S/C24H32N4O2/c1-26(2)22-6-3-19(4-7-22)16-25-24(29)18-28-12-10-27(11-13-28)17-20-5-8-23-21(15-20)9-14-30-23/h3-8,15H,9-14,16-18H2,1-2H3,(H,25,29). The number of fused-ring (bicyclic) bond motifs is 1. The van der Waals surface area contributed by atoms with Gasteiger partial charge in [-0.2, -0.15) is 0 Å². The molecule has 6 heteroatoms. The zero-order chi connectivity index (χ0) is 20.9. The van der Waals surface area contributed by atoms with E-state index in [1.54, 1.807) is 0 Å². The molecule has 0 saturated carbocycles. The maximum atomic E-state index is 12.4. The number of nitrogens with one attached hydrogen (secondary N) is 1. The van der Waals surface area contributed by atoms with Crippen LogP contribution in [0.4, 0.5) is 5.69 Å². The average molecular weight is 409 g/mol. The van der Waals surface area contributed by atoms with Gasteiger partial charge in [-0.25, -0.2) is 0 Å². The molecule has 2 aromatic rings. The van der Waals surface area contributed by atoms with E-state index in [9.17, 15) is 4.79 Å². The number of rotatable bonds is 7. The number of piperazine rings is 1. The van der Waals surface area contributed by atoms with E-state index >= 15 is 0 Å². The molecule has 2 aliphatic rings. The molecule has 1 N–H and O–H groups in total. The lowest BCUT2D eigenvalue weighted by Gasteiger charge is -2.34. The minimum atomic E-state index is 0.0961. The van der Waals surface area contributed by atoms with Crippen molar-refractivity contribution in [1.82, 2.24) is 15.1 Å². The monoisotopic (exact) mass is 408 g/mol. The lowest BCUT2D eigenvalue weighted by molar-refractivity contribution is -0.122. The third kappa shape index (κ3) is 5.32. The van der Waals surface area contributed by atoms with Crippen LogP contribution in [0, 0.1) is 0 Å². The molecular formula is C24H32N4O2. The Morgan fingerprint density at radius 3 is 2.43 bits per heavy atom. The van der Waals surface area contributed by atoms with E-state index in [0.29, 0.717) is 13.1 Å². The second-order valence-electron chi connectivity index (χ2n) is 8.43. The average Bonchev–Trinajstić information content (AvgIpc) is 3.22. The van der Waals surface area contributed by atoms with Crippen LogP contribution in [0.2, 0.25) is 0 Å². The van der Waals surface area contributed by atoms with Crippen LogP contribution in [0.25, 0.3) is 0 Å². The van der Waals surface area contributed by atoms with E-state index in [1.807, 2.05) is 14.1 Å². The van der Waals surface area contributed by atoms with Gasteiger partial charge in [0, 0.05) is 65.5 Å². The van der Waals surface area contributed by atoms with Crippen LogP contribution in [-0.2, 0) is 24.3 Å². The lowest BCUT2D eigenvalue weighted by atomic mass is 10.1. The van der Waals surface area contributed by atoms with E-state index in [2.05, 4.69) is 62.5 Å². The molecule has 0 aliphatic carbocycles. The van der Waals surface area contributed by atoms with Crippen LogP contribution in [0.3, 0.4) is 0 Å². The summed E-state index contributed by atoms with van der Waals surface area (Å²) < 4.78 is 5.60. The van der Waals surface area contributed by atoms with E-state index in [-0.39, 0.29) is 5.91 Å². The first kappa shape index (κ1) is 20.7. The number of carbonyl (C=O) groups is 1. The van der Waals surface area contributed by atoms with E-state index in [1.165, 1.54) is 11.1 Å². The number of hydrogen-bond acceptors (Lipinski definition) is 5. The molecule has 4 rings (SSSR count). The third-order valence-corrected chi connectivity index (χ3v) is 5.93. The van der Waals surface area contributed by atoms with Crippen molar-refractivity contribution in [2.45, 2.75) is 19.5 Å². The van der Waals surface area contributed by atoms with Crippen molar-refractivity contribution in [2.24, 2.45) is 0 Å². The molecule has 2 aromatic carbocycles. The van der Waals surface area contributed by atoms with Crippen molar-refractivity contribution in [3.05, 3.63) is 59.2 Å². The van der Waals surface area contributed by atoms with Crippen LogP contribution in [0.1, 0.15) is 16.7 Å². The second kappa shape index (κ2) is 9.49. The minimum Gasteiger partial charge on any atom is -0.493 e. The fraction of sp³-hybridized carbons (Fsp3) is 0.458. The molecule has 6 nitrogen and oxygen atoms in total. The fourth-order valence-corrected chi connectivity index (χ4v) is 4.07. The molecular weight excluding hydrogens is 376 g/mol. The van der Waals surface area contributed by atoms with Gasteiger partial charge in [0.05, 0.1) is 13.2 Å². The smallest absolute Gasteiger partial charge is 0.234 e. The molecule has 0 aromatic heterocycles. The molecule has 1 fully saturated rings. The molecule has 2 aliphatic heterocycles. The topological polar surface area (TPSA) is 48.1 Å². The third-order valence-electron chi connectivity index (χ3n) is 5.93. The number of amides is 1. The zero-order valence-corrected chi connectivity index (χ0v) is 18.1. The Morgan fingerprint density at radius 2 is 1.70 bits per heavy atom. The molecule has 2 heterocycles. The predicted octanol–water partition coefficient (Wildman–Crippen LogP) is 2.12. The summed E-state index contributed by atoms with van der Waals surface area (Å²) in [4.78, 5) is 19.1. The van der Waals surface area contributed by atoms with Gasteiger partial charge >= 0.3 is 0 Å². The number of anilines is 1. The SMILES string of the molecule is CN(C)c1ccc(CNC(=O)CN2CCN(Cc3ccc4c(c3)CCO4)CC2)cc1. The Morgan fingerprint density at radius 1 is 1.00 bits per heavy atom. The summed E-state index contributed by atoms with van der Waals surface area (Å²) >= 11 is 0. The molecule has 1 amide bonds. The van der Waals surface area contributed by atoms with Crippen molar-refractivity contribution in [2.75, 3.05) is 58.3 Å². The normalized spacial score (nSPS) is 16.7. The van der Waals surface area contributed by atoms with Crippen LogP contribution in [-0.4, -0.2) is 69.1 Å². The molecule has 0 bridgehead atoms. The van der Waals surface area contributed by atoms with Gasteiger partial charge in [-0.1, -0.05) is 24.3 Å². The zero-order valence-electron chi connectivity index (χ0n) is 18.1. The van der Waals surface area contributed by atoms with Gasteiger partial charge in [-0.3, -0.25) is 14.6 Å². The first-order valence-electron chi connectivity index (χ1n) is 10.8. The van der Waals surface area contributed by atoms with Gasteiger partial charge in [0.25, 0.3) is 0 Å². The molecule has 0 unspecified atom stereocenters. The maximum absolute atomic E-state index is 12.4. The highest BCUT2D eigenvalue weighted by molar-refractivity contribution is 5.78. The number of hydrogen-bond donors (Lipinski definition) is 1. The van der Waals surface area contributed by atoms with Gasteiger partial charge < -0.3 is 15.0 Å². The molecule has 0 atom stereocenters. The molecule has 30 heavy (non-hydrogen) atoms. The van der Waals surface area contributed by atoms with Crippen molar-refractivity contribution >= 4 is 11.6 Å². The van der Waals surface area contributed by atoms with Gasteiger partial charge in [-0.15, -0.1) is 0 Å².